The molecule has 0 saturated carbocycles. The van der Waals surface area contributed by atoms with E-state index in [0.29, 0.717) is 0 Å². The first-order valence-electron chi connectivity index (χ1n) is 5.19. The standard InChI is InChI=1S/C11H20S2/c1-5-9-7-12-13-11(8(3)4)10(9)6-2/h8,11H,5-7H2,1-4H3. The van der Waals surface area contributed by atoms with Gasteiger partial charge in [0.05, 0.1) is 0 Å². The molecule has 13 heavy (non-hydrogen) atoms. The third kappa shape index (κ3) is 2.69. The lowest BCUT2D eigenvalue weighted by Crippen LogP contribution is -2.18. The largest absolute Gasteiger partial charge is 0.0891 e. The maximum atomic E-state index is 2.34. The zero-order valence-electron chi connectivity index (χ0n) is 9.09. The summed E-state index contributed by atoms with van der Waals surface area (Å²) in [6.45, 7) is 9.27. The molecule has 0 amide bonds. The first-order chi connectivity index (χ1) is 6.20. The fourth-order valence-corrected chi connectivity index (χ4v) is 5.33. The predicted molar refractivity (Wildman–Crippen MR) is 66.3 cm³/mol. The van der Waals surface area contributed by atoms with E-state index in [0.717, 1.165) is 11.2 Å². The minimum atomic E-state index is 0.777. The summed E-state index contributed by atoms with van der Waals surface area (Å²) in [7, 11) is 4.12. The van der Waals surface area contributed by atoms with Crippen LogP contribution in [0.15, 0.2) is 11.1 Å². The Labute approximate surface area is 90.3 Å². The summed E-state index contributed by atoms with van der Waals surface area (Å²) in [5, 5.41) is 0.777. The number of hydrogen-bond donors (Lipinski definition) is 0. The SMILES string of the molecule is CCC1=C(CC)C(C(C)C)SSC1. The van der Waals surface area contributed by atoms with Gasteiger partial charge in [0.2, 0.25) is 0 Å². The van der Waals surface area contributed by atoms with E-state index in [9.17, 15) is 0 Å². The molecule has 0 spiro atoms. The summed E-state index contributed by atoms with van der Waals surface area (Å²) in [5.74, 6) is 2.04. The molecule has 1 aliphatic rings. The second-order valence-corrected chi connectivity index (χ2v) is 6.37. The quantitative estimate of drug-likeness (QED) is 0.502. The van der Waals surface area contributed by atoms with Crippen molar-refractivity contribution < 1.29 is 0 Å². The molecule has 0 aromatic heterocycles. The average Bonchev–Trinajstić information content (AvgIpc) is 2.16. The van der Waals surface area contributed by atoms with E-state index in [1.807, 2.05) is 10.8 Å². The minimum absolute atomic E-state index is 0.777. The Balaban J connectivity index is 2.85. The zero-order valence-corrected chi connectivity index (χ0v) is 10.7. The van der Waals surface area contributed by atoms with E-state index in [-0.39, 0.29) is 0 Å². The summed E-state index contributed by atoms with van der Waals surface area (Å²) < 4.78 is 0. The highest BCUT2D eigenvalue weighted by atomic mass is 33.1. The van der Waals surface area contributed by atoms with Crippen molar-refractivity contribution in [3.8, 4) is 0 Å². The van der Waals surface area contributed by atoms with Crippen molar-refractivity contribution in [3.05, 3.63) is 11.1 Å². The van der Waals surface area contributed by atoms with Gasteiger partial charge in [0, 0.05) is 11.0 Å². The number of hydrogen-bond acceptors (Lipinski definition) is 2. The van der Waals surface area contributed by atoms with Crippen LogP contribution in [0, 0.1) is 5.92 Å². The van der Waals surface area contributed by atoms with Gasteiger partial charge in [0.1, 0.15) is 0 Å². The van der Waals surface area contributed by atoms with E-state index in [1.54, 1.807) is 11.1 Å². The molecule has 0 bridgehead atoms. The Morgan fingerprint density at radius 2 is 2.00 bits per heavy atom. The van der Waals surface area contributed by atoms with Gasteiger partial charge in [-0.1, -0.05) is 60.4 Å². The molecule has 0 aliphatic carbocycles. The average molecular weight is 216 g/mol. The van der Waals surface area contributed by atoms with E-state index >= 15 is 0 Å². The molecule has 1 atom stereocenters. The molecule has 0 saturated heterocycles. The van der Waals surface area contributed by atoms with Crippen molar-refractivity contribution >= 4 is 21.6 Å². The maximum absolute atomic E-state index is 2.34. The Kier molecular flexibility index (Phi) is 4.74. The summed E-state index contributed by atoms with van der Waals surface area (Å²) >= 11 is 0. The fourth-order valence-electron chi connectivity index (χ4n) is 1.82. The van der Waals surface area contributed by atoms with Gasteiger partial charge in [-0.25, -0.2) is 0 Å². The van der Waals surface area contributed by atoms with Gasteiger partial charge in [0.15, 0.2) is 0 Å². The molecule has 1 unspecified atom stereocenters. The Hall–Kier alpha value is 0.440. The fraction of sp³-hybridized carbons (Fsp3) is 0.818. The molecule has 0 fully saturated rings. The second kappa shape index (κ2) is 5.35. The van der Waals surface area contributed by atoms with Crippen LogP contribution in [-0.4, -0.2) is 11.0 Å². The normalized spacial score (nSPS) is 24.2. The predicted octanol–water partition coefficient (Wildman–Crippen LogP) is 4.52. The molecule has 76 valence electrons. The van der Waals surface area contributed by atoms with Crippen LogP contribution in [0.4, 0.5) is 0 Å². The van der Waals surface area contributed by atoms with E-state index in [1.165, 1.54) is 18.6 Å². The van der Waals surface area contributed by atoms with E-state index in [4.69, 9.17) is 0 Å². The second-order valence-electron chi connectivity index (χ2n) is 3.86. The van der Waals surface area contributed by atoms with Crippen LogP contribution >= 0.6 is 21.6 Å². The zero-order chi connectivity index (χ0) is 9.84. The van der Waals surface area contributed by atoms with Gasteiger partial charge in [-0.2, -0.15) is 0 Å². The summed E-state index contributed by atoms with van der Waals surface area (Å²) in [6, 6.07) is 0. The molecule has 1 aliphatic heterocycles. The smallest absolute Gasteiger partial charge is 0.0386 e. The lowest BCUT2D eigenvalue weighted by atomic mass is 9.95. The van der Waals surface area contributed by atoms with Gasteiger partial charge >= 0.3 is 0 Å². The van der Waals surface area contributed by atoms with Crippen LogP contribution < -0.4 is 0 Å². The first-order valence-corrected chi connectivity index (χ1v) is 7.57. The van der Waals surface area contributed by atoms with Crippen molar-refractivity contribution in [2.75, 3.05) is 5.75 Å². The lowest BCUT2D eigenvalue weighted by molar-refractivity contribution is 0.640. The highest BCUT2D eigenvalue weighted by Gasteiger charge is 2.24. The van der Waals surface area contributed by atoms with Crippen molar-refractivity contribution in [3.63, 3.8) is 0 Å². The molecule has 0 nitrogen and oxygen atoms in total. The van der Waals surface area contributed by atoms with Crippen LogP contribution in [0.1, 0.15) is 40.5 Å². The van der Waals surface area contributed by atoms with Gasteiger partial charge < -0.3 is 0 Å². The highest BCUT2D eigenvalue weighted by molar-refractivity contribution is 8.77. The van der Waals surface area contributed by atoms with E-state index < -0.39 is 0 Å². The molecule has 2 heteroatoms. The molecule has 0 N–H and O–H groups in total. The summed E-state index contributed by atoms with van der Waals surface area (Å²) in [5.41, 5.74) is 3.45. The van der Waals surface area contributed by atoms with Crippen molar-refractivity contribution in [1.29, 1.82) is 0 Å². The van der Waals surface area contributed by atoms with Crippen LogP contribution in [-0.2, 0) is 0 Å². The van der Waals surface area contributed by atoms with Crippen LogP contribution in [0.25, 0.3) is 0 Å². The Bertz CT molecular complexity index is 194. The molecule has 0 aromatic carbocycles. The monoisotopic (exact) mass is 216 g/mol. The minimum Gasteiger partial charge on any atom is -0.0891 e. The van der Waals surface area contributed by atoms with E-state index in [2.05, 4.69) is 38.5 Å². The first kappa shape index (κ1) is 11.5. The molecule has 1 rings (SSSR count). The summed E-state index contributed by atoms with van der Waals surface area (Å²) in [4.78, 5) is 0. The lowest BCUT2D eigenvalue weighted by Gasteiger charge is -2.29. The Morgan fingerprint density at radius 3 is 2.46 bits per heavy atom. The summed E-state index contributed by atoms with van der Waals surface area (Å²) in [6.07, 6.45) is 2.50. The van der Waals surface area contributed by atoms with Crippen molar-refractivity contribution in [2.24, 2.45) is 5.92 Å². The molecular formula is C11H20S2. The molecule has 1 heterocycles. The van der Waals surface area contributed by atoms with Crippen LogP contribution in [0.2, 0.25) is 0 Å². The van der Waals surface area contributed by atoms with Crippen LogP contribution in [0.5, 0.6) is 0 Å². The number of rotatable bonds is 3. The highest BCUT2D eigenvalue weighted by Crippen LogP contribution is 2.44. The van der Waals surface area contributed by atoms with Gasteiger partial charge in [-0.3, -0.25) is 0 Å². The molecular weight excluding hydrogens is 196 g/mol. The Morgan fingerprint density at radius 1 is 1.31 bits per heavy atom. The van der Waals surface area contributed by atoms with Crippen molar-refractivity contribution in [2.45, 2.75) is 45.8 Å². The topological polar surface area (TPSA) is 0 Å². The van der Waals surface area contributed by atoms with Crippen molar-refractivity contribution in [1.82, 2.24) is 0 Å². The maximum Gasteiger partial charge on any atom is 0.0386 e. The van der Waals surface area contributed by atoms with Crippen LogP contribution in [0.3, 0.4) is 0 Å². The molecule has 0 aromatic rings. The molecule has 0 radical (unpaired) electrons. The van der Waals surface area contributed by atoms with Gasteiger partial charge in [-0.15, -0.1) is 0 Å². The third-order valence-corrected chi connectivity index (χ3v) is 5.64. The third-order valence-electron chi connectivity index (χ3n) is 2.62. The van der Waals surface area contributed by atoms with Gasteiger partial charge in [0.25, 0.3) is 0 Å². The van der Waals surface area contributed by atoms with Gasteiger partial charge in [-0.05, 0) is 18.8 Å².